The molecular formula is C17H27NO2. The van der Waals surface area contributed by atoms with Crippen molar-refractivity contribution in [1.82, 2.24) is 0 Å². The summed E-state index contributed by atoms with van der Waals surface area (Å²) in [5.74, 6) is 2.57. The molecule has 20 heavy (non-hydrogen) atoms. The van der Waals surface area contributed by atoms with E-state index in [4.69, 9.17) is 15.2 Å². The smallest absolute Gasteiger partial charge is 0.126 e. The minimum Gasteiger partial charge on any atom is -0.493 e. The molecule has 1 aliphatic rings. The first kappa shape index (κ1) is 15.2. The zero-order valence-corrected chi connectivity index (χ0v) is 12.7. The molecule has 1 atom stereocenters. The molecule has 1 aliphatic carbocycles. The average Bonchev–Trinajstić information content (AvgIpc) is 2.36. The predicted octanol–water partition coefficient (Wildman–Crippen LogP) is 3.54. The van der Waals surface area contributed by atoms with E-state index in [2.05, 4.69) is 13.0 Å². The van der Waals surface area contributed by atoms with Crippen LogP contribution >= 0.6 is 0 Å². The minimum absolute atomic E-state index is 0.142. The van der Waals surface area contributed by atoms with Gasteiger partial charge in [-0.15, -0.1) is 0 Å². The number of hydrogen-bond donors (Lipinski definition) is 1. The van der Waals surface area contributed by atoms with Crippen LogP contribution < -0.4 is 15.2 Å². The van der Waals surface area contributed by atoms with E-state index >= 15 is 0 Å². The van der Waals surface area contributed by atoms with Crippen molar-refractivity contribution in [2.75, 3.05) is 13.2 Å². The van der Waals surface area contributed by atoms with Gasteiger partial charge in [0, 0.05) is 12.1 Å². The van der Waals surface area contributed by atoms with Gasteiger partial charge in [-0.2, -0.15) is 0 Å². The molecule has 0 aromatic heterocycles. The predicted molar refractivity (Wildman–Crippen MR) is 82.4 cm³/mol. The van der Waals surface area contributed by atoms with Crippen molar-refractivity contribution in [1.29, 1.82) is 0 Å². The van der Waals surface area contributed by atoms with Gasteiger partial charge in [-0.05, 0) is 50.2 Å². The van der Waals surface area contributed by atoms with Gasteiger partial charge in [-0.3, -0.25) is 0 Å². The number of rotatable bonds is 8. The van der Waals surface area contributed by atoms with Crippen LogP contribution in [-0.4, -0.2) is 19.3 Å². The van der Waals surface area contributed by atoms with E-state index in [0.29, 0.717) is 0 Å². The molecule has 0 aliphatic heterocycles. The van der Waals surface area contributed by atoms with Gasteiger partial charge in [0.05, 0.1) is 13.2 Å². The van der Waals surface area contributed by atoms with E-state index in [-0.39, 0.29) is 6.04 Å². The molecule has 0 saturated heterocycles. The molecule has 1 fully saturated rings. The van der Waals surface area contributed by atoms with Crippen LogP contribution in [0.25, 0.3) is 0 Å². The normalized spacial score (nSPS) is 16.6. The van der Waals surface area contributed by atoms with Gasteiger partial charge >= 0.3 is 0 Å². The van der Waals surface area contributed by atoms with Crippen LogP contribution in [0.2, 0.25) is 0 Å². The van der Waals surface area contributed by atoms with Crippen LogP contribution in [0, 0.1) is 5.92 Å². The fourth-order valence-corrected chi connectivity index (χ4v) is 2.36. The lowest BCUT2D eigenvalue weighted by Crippen LogP contribution is -2.21. The van der Waals surface area contributed by atoms with Gasteiger partial charge in [-0.1, -0.05) is 19.4 Å². The summed E-state index contributed by atoms with van der Waals surface area (Å²) in [7, 11) is 0. The van der Waals surface area contributed by atoms with E-state index in [9.17, 15) is 0 Å². The molecule has 0 amide bonds. The summed E-state index contributed by atoms with van der Waals surface area (Å²) in [6.07, 6.45) is 5.80. The Hall–Kier alpha value is -1.22. The Labute approximate surface area is 122 Å². The van der Waals surface area contributed by atoms with Crippen LogP contribution in [0.3, 0.4) is 0 Å². The first-order chi connectivity index (χ1) is 9.69. The fourth-order valence-electron chi connectivity index (χ4n) is 2.36. The SMILES string of the molecule is CCCOc1ccc(CC(C)N)c(OCC2CCC2)c1. The molecule has 0 heterocycles. The Balaban J connectivity index is 2.04. The Bertz CT molecular complexity index is 413. The number of benzene rings is 1. The van der Waals surface area contributed by atoms with Crippen LogP contribution in [0.15, 0.2) is 18.2 Å². The molecule has 0 bridgehead atoms. The Morgan fingerprint density at radius 3 is 2.70 bits per heavy atom. The zero-order chi connectivity index (χ0) is 14.4. The highest BCUT2D eigenvalue weighted by Gasteiger charge is 2.19. The second-order valence-corrected chi connectivity index (χ2v) is 5.91. The van der Waals surface area contributed by atoms with Crippen LogP contribution in [0.4, 0.5) is 0 Å². The lowest BCUT2D eigenvalue weighted by Gasteiger charge is -2.26. The van der Waals surface area contributed by atoms with Crippen molar-refractivity contribution in [3.63, 3.8) is 0 Å². The highest BCUT2D eigenvalue weighted by atomic mass is 16.5. The summed E-state index contributed by atoms with van der Waals surface area (Å²) in [5.41, 5.74) is 7.10. The van der Waals surface area contributed by atoms with Crippen LogP contribution in [0.5, 0.6) is 11.5 Å². The van der Waals surface area contributed by atoms with Crippen LogP contribution in [-0.2, 0) is 6.42 Å². The fraction of sp³-hybridized carbons (Fsp3) is 0.647. The maximum Gasteiger partial charge on any atom is 0.126 e. The third-order valence-electron chi connectivity index (χ3n) is 3.75. The largest absolute Gasteiger partial charge is 0.493 e. The second kappa shape index (κ2) is 7.53. The molecule has 112 valence electrons. The maximum absolute atomic E-state index is 6.03. The summed E-state index contributed by atoms with van der Waals surface area (Å²) >= 11 is 0. The van der Waals surface area contributed by atoms with Gasteiger partial charge in [-0.25, -0.2) is 0 Å². The topological polar surface area (TPSA) is 44.5 Å². The average molecular weight is 277 g/mol. The number of ether oxygens (including phenoxy) is 2. The number of nitrogens with two attached hydrogens (primary N) is 1. The van der Waals surface area contributed by atoms with Gasteiger partial charge in [0.25, 0.3) is 0 Å². The van der Waals surface area contributed by atoms with E-state index in [1.54, 1.807) is 0 Å². The van der Waals surface area contributed by atoms with Gasteiger partial charge in [0.2, 0.25) is 0 Å². The van der Waals surface area contributed by atoms with Crippen molar-refractivity contribution in [3.05, 3.63) is 23.8 Å². The number of hydrogen-bond acceptors (Lipinski definition) is 3. The summed E-state index contributed by atoms with van der Waals surface area (Å²) < 4.78 is 11.7. The van der Waals surface area contributed by atoms with Crippen LogP contribution in [0.1, 0.15) is 45.1 Å². The van der Waals surface area contributed by atoms with E-state index in [1.165, 1.54) is 24.8 Å². The second-order valence-electron chi connectivity index (χ2n) is 5.91. The Morgan fingerprint density at radius 2 is 2.10 bits per heavy atom. The first-order valence-electron chi connectivity index (χ1n) is 7.83. The van der Waals surface area contributed by atoms with Gasteiger partial charge in [0.1, 0.15) is 11.5 Å². The Kier molecular flexibility index (Phi) is 5.72. The molecular weight excluding hydrogens is 250 g/mol. The molecule has 0 radical (unpaired) electrons. The van der Waals surface area contributed by atoms with E-state index in [0.717, 1.165) is 43.5 Å². The molecule has 2 N–H and O–H groups in total. The third kappa shape index (κ3) is 4.41. The third-order valence-corrected chi connectivity index (χ3v) is 3.75. The van der Waals surface area contributed by atoms with Crippen molar-refractivity contribution < 1.29 is 9.47 Å². The Morgan fingerprint density at radius 1 is 1.30 bits per heavy atom. The molecule has 1 unspecified atom stereocenters. The quantitative estimate of drug-likeness (QED) is 0.790. The summed E-state index contributed by atoms with van der Waals surface area (Å²) in [6, 6.07) is 6.27. The van der Waals surface area contributed by atoms with Crippen molar-refractivity contribution >= 4 is 0 Å². The van der Waals surface area contributed by atoms with Gasteiger partial charge < -0.3 is 15.2 Å². The highest BCUT2D eigenvalue weighted by molar-refractivity contribution is 5.41. The van der Waals surface area contributed by atoms with Gasteiger partial charge in [0.15, 0.2) is 0 Å². The molecule has 2 rings (SSSR count). The lowest BCUT2D eigenvalue weighted by atomic mass is 9.86. The molecule has 0 spiro atoms. The standard InChI is InChI=1S/C17H27NO2/c1-3-9-19-16-8-7-15(10-13(2)18)17(11-16)20-12-14-5-4-6-14/h7-8,11,13-14H,3-6,9-10,12,18H2,1-2H3. The van der Waals surface area contributed by atoms with Crippen molar-refractivity contribution in [2.45, 2.75) is 52.0 Å². The molecule has 1 aromatic carbocycles. The molecule has 1 aromatic rings. The van der Waals surface area contributed by atoms with Crippen molar-refractivity contribution in [3.8, 4) is 11.5 Å². The highest BCUT2D eigenvalue weighted by Crippen LogP contribution is 2.30. The van der Waals surface area contributed by atoms with E-state index < -0.39 is 0 Å². The molecule has 1 saturated carbocycles. The van der Waals surface area contributed by atoms with E-state index in [1.807, 2.05) is 19.1 Å². The molecule has 3 heteroatoms. The van der Waals surface area contributed by atoms with Crippen molar-refractivity contribution in [2.24, 2.45) is 11.7 Å². The molecule has 3 nitrogen and oxygen atoms in total. The monoisotopic (exact) mass is 277 g/mol. The minimum atomic E-state index is 0.142. The zero-order valence-electron chi connectivity index (χ0n) is 12.7. The summed E-state index contributed by atoms with van der Waals surface area (Å²) in [5, 5.41) is 0. The summed E-state index contributed by atoms with van der Waals surface area (Å²) in [4.78, 5) is 0. The maximum atomic E-state index is 6.03. The summed E-state index contributed by atoms with van der Waals surface area (Å²) in [6.45, 7) is 5.70. The first-order valence-corrected chi connectivity index (χ1v) is 7.83. The lowest BCUT2D eigenvalue weighted by molar-refractivity contribution is 0.178.